The van der Waals surface area contributed by atoms with Crippen LogP contribution in [-0.2, 0) is 19.6 Å². The first-order valence-electron chi connectivity index (χ1n) is 7.46. The van der Waals surface area contributed by atoms with Gasteiger partial charge in [0.1, 0.15) is 11.5 Å². The molecule has 0 atom stereocenters. The highest BCUT2D eigenvalue weighted by Crippen LogP contribution is 2.16. The molecule has 0 bridgehead atoms. The summed E-state index contributed by atoms with van der Waals surface area (Å²) >= 11 is 0. The molecule has 22 heavy (non-hydrogen) atoms. The number of fused-ring (bicyclic) bond motifs is 1. The highest BCUT2D eigenvalue weighted by Gasteiger charge is 2.26. The summed E-state index contributed by atoms with van der Waals surface area (Å²) in [6.07, 6.45) is 1.58. The van der Waals surface area contributed by atoms with Crippen LogP contribution < -0.4 is 0 Å². The van der Waals surface area contributed by atoms with Crippen molar-refractivity contribution in [2.24, 2.45) is 0 Å². The van der Waals surface area contributed by atoms with Crippen molar-refractivity contribution >= 4 is 5.91 Å². The molecule has 1 amide bonds. The monoisotopic (exact) mass is 303 g/mol. The number of hydrogen-bond donors (Lipinski definition) is 1. The number of nitrogens with one attached hydrogen (secondary N) is 1. The average molecular weight is 303 g/mol. The van der Waals surface area contributed by atoms with Crippen molar-refractivity contribution in [3.8, 4) is 0 Å². The van der Waals surface area contributed by atoms with Gasteiger partial charge in [-0.15, -0.1) is 10.2 Å². The smallest absolute Gasteiger partial charge is 0.272 e. The number of hydrogen-bond acceptors (Lipinski definition) is 5. The van der Waals surface area contributed by atoms with E-state index in [0.29, 0.717) is 24.8 Å². The minimum atomic E-state index is -0.0485. The van der Waals surface area contributed by atoms with E-state index in [4.69, 9.17) is 0 Å². The predicted molar refractivity (Wildman–Crippen MR) is 80.0 cm³/mol. The lowest BCUT2D eigenvalue weighted by atomic mass is 10.3. The quantitative estimate of drug-likeness (QED) is 0.889. The van der Waals surface area contributed by atoms with Crippen molar-refractivity contribution in [1.82, 2.24) is 34.8 Å². The molecule has 2 aromatic rings. The predicted octanol–water partition coefficient (Wildman–Crippen LogP) is 0.497. The van der Waals surface area contributed by atoms with E-state index in [2.05, 4.69) is 50.8 Å². The molecule has 3 rings (SSSR count). The van der Waals surface area contributed by atoms with E-state index in [-0.39, 0.29) is 5.91 Å². The molecular formula is C14H21N7O. The molecule has 0 aliphatic carbocycles. The summed E-state index contributed by atoms with van der Waals surface area (Å²) in [7, 11) is 2.07. The van der Waals surface area contributed by atoms with Crippen molar-refractivity contribution in [3.63, 3.8) is 0 Å². The summed E-state index contributed by atoms with van der Waals surface area (Å²) in [4.78, 5) is 16.3. The Morgan fingerprint density at radius 3 is 2.91 bits per heavy atom. The summed E-state index contributed by atoms with van der Waals surface area (Å²) in [5.74, 6) is 1.75. The van der Waals surface area contributed by atoms with Gasteiger partial charge in [-0.2, -0.15) is 5.10 Å². The Kier molecular flexibility index (Phi) is 3.93. The fourth-order valence-corrected chi connectivity index (χ4v) is 2.46. The minimum Gasteiger partial charge on any atom is -0.328 e. The van der Waals surface area contributed by atoms with Gasteiger partial charge in [-0.05, 0) is 27.0 Å². The first-order chi connectivity index (χ1) is 10.6. The maximum atomic E-state index is 12.3. The van der Waals surface area contributed by atoms with Crippen molar-refractivity contribution in [2.45, 2.75) is 39.5 Å². The zero-order valence-electron chi connectivity index (χ0n) is 13.2. The SMILES string of the molecule is CC(C)N(C)Cc1nnc2n1CCN(C(=O)c1ccn[nH]1)C2. The number of nitrogens with zero attached hydrogens (tertiary/aromatic N) is 6. The Morgan fingerprint density at radius 2 is 2.23 bits per heavy atom. The van der Waals surface area contributed by atoms with Gasteiger partial charge in [-0.25, -0.2) is 0 Å². The second kappa shape index (κ2) is 5.88. The zero-order valence-corrected chi connectivity index (χ0v) is 13.2. The van der Waals surface area contributed by atoms with E-state index in [0.717, 1.165) is 24.7 Å². The molecule has 0 radical (unpaired) electrons. The van der Waals surface area contributed by atoms with Crippen molar-refractivity contribution in [3.05, 3.63) is 29.6 Å². The summed E-state index contributed by atoms with van der Waals surface area (Å²) in [5, 5.41) is 15.1. The van der Waals surface area contributed by atoms with Crippen LogP contribution in [0.2, 0.25) is 0 Å². The van der Waals surface area contributed by atoms with Gasteiger partial charge in [0.25, 0.3) is 5.91 Å². The largest absolute Gasteiger partial charge is 0.328 e. The number of aromatic amines is 1. The molecule has 0 unspecified atom stereocenters. The van der Waals surface area contributed by atoms with Crippen LogP contribution in [0.5, 0.6) is 0 Å². The number of aromatic nitrogens is 5. The molecule has 1 N–H and O–H groups in total. The molecule has 0 spiro atoms. The number of amides is 1. The third-order valence-electron chi connectivity index (χ3n) is 4.12. The zero-order chi connectivity index (χ0) is 15.7. The van der Waals surface area contributed by atoms with E-state index >= 15 is 0 Å². The molecule has 0 saturated heterocycles. The van der Waals surface area contributed by atoms with Crippen LogP contribution in [0.1, 0.15) is 36.0 Å². The van der Waals surface area contributed by atoms with Crippen molar-refractivity contribution in [2.75, 3.05) is 13.6 Å². The first-order valence-corrected chi connectivity index (χ1v) is 7.46. The van der Waals surface area contributed by atoms with E-state index in [9.17, 15) is 4.79 Å². The van der Waals surface area contributed by atoms with Crippen LogP contribution in [0.25, 0.3) is 0 Å². The molecule has 118 valence electrons. The number of rotatable bonds is 4. The van der Waals surface area contributed by atoms with Gasteiger partial charge in [0.15, 0.2) is 5.82 Å². The molecule has 8 heteroatoms. The van der Waals surface area contributed by atoms with Crippen molar-refractivity contribution < 1.29 is 4.79 Å². The highest BCUT2D eigenvalue weighted by molar-refractivity contribution is 5.92. The summed E-state index contributed by atoms with van der Waals surface area (Å²) in [6, 6.07) is 2.14. The van der Waals surface area contributed by atoms with Gasteiger partial charge >= 0.3 is 0 Å². The minimum absolute atomic E-state index is 0.0485. The van der Waals surface area contributed by atoms with Crippen LogP contribution in [0.3, 0.4) is 0 Å². The normalized spacial score (nSPS) is 14.7. The standard InChI is InChI=1S/C14H21N7O/c1-10(2)19(3)8-12-17-18-13-9-20(6-7-21(12)13)14(22)11-4-5-15-16-11/h4-5,10H,6-9H2,1-3H3,(H,15,16). The Labute approximate surface area is 129 Å². The number of carbonyl (C=O) groups excluding carboxylic acids is 1. The second-order valence-electron chi connectivity index (χ2n) is 5.89. The molecular weight excluding hydrogens is 282 g/mol. The lowest BCUT2D eigenvalue weighted by molar-refractivity contribution is 0.0699. The second-order valence-corrected chi connectivity index (χ2v) is 5.89. The fourth-order valence-electron chi connectivity index (χ4n) is 2.46. The first kappa shape index (κ1) is 14.7. The van der Waals surface area contributed by atoms with E-state index in [1.54, 1.807) is 17.2 Å². The third-order valence-corrected chi connectivity index (χ3v) is 4.12. The van der Waals surface area contributed by atoms with Crippen LogP contribution in [-0.4, -0.2) is 60.3 Å². The fraction of sp³-hybridized carbons (Fsp3) is 0.571. The van der Waals surface area contributed by atoms with Crippen LogP contribution in [0, 0.1) is 0 Å². The number of H-pyrrole nitrogens is 1. The van der Waals surface area contributed by atoms with Gasteiger partial charge in [0.05, 0.1) is 13.1 Å². The molecule has 2 aromatic heterocycles. The molecule has 0 saturated carbocycles. The van der Waals surface area contributed by atoms with Crippen LogP contribution in [0.4, 0.5) is 0 Å². The van der Waals surface area contributed by atoms with E-state index in [1.165, 1.54) is 0 Å². The van der Waals surface area contributed by atoms with Gasteiger partial charge in [0, 0.05) is 25.3 Å². The van der Waals surface area contributed by atoms with Gasteiger partial charge in [0.2, 0.25) is 0 Å². The molecule has 0 aromatic carbocycles. The lowest BCUT2D eigenvalue weighted by Crippen LogP contribution is -2.39. The molecule has 1 aliphatic rings. The van der Waals surface area contributed by atoms with E-state index < -0.39 is 0 Å². The lowest BCUT2D eigenvalue weighted by Gasteiger charge is -2.28. The average Bonchev–Trinajstić information content (AvgIpc) is 3.16. The molecule has 8 nitrogen and oxygen atoms in total. The molecule has 1 aliphatic heterocycles. The summed E-state index contributed by atoms with van der Waals surface area (Å²) < 4.78 is 2.12. The Bertz CT molecular complexity index is 646. The summed E-state index contributed by atoms with van der Waals surface area (Å²) in [6.45, 7) is 6.93. The maximum Gasteiger partial charge on any atom is 0.272 e. The Morgan fingerprint density at radius 1 is 1.41 bits per heavy atom. The Hall–Kier alpha value is -2.22. The van der Waals surface area contributed by atoms with Gasteiger partial charge in [-0.1, -0.05) is 0 Å². The topological polar surface area (TPSA) is 82.9 Å². The van der Waals surface area contributed by atoms with Crippen molar-refractivity contribution in [1.29, 1.82) is 0 Å². The van der Waals surface area contributed by atoms with E-state index in [1.807, 2.05) is 0 Å². The summed E-state index contributed by atoms with van der Waals surface area (Å²) in [5.41, 5.74) is 0.507. The van der Waals surface area contributed by atoms with Gasteiger partial charge < -0.3 is 9.47 Å². The third kappa shape index (κ3) is 2.74. The van der Waals surface area contributed by atoms with Crippen LogP contribution in [0.15, 0.2) is 12.3 Å². The Balaban J connectivity index is 1.72. The molecule has 0 fully saturated rings. The van der Waals surface area contributed by atoms with Crippen LogP contribution >= 0.6 is 0 Å². The maximum absolute atomic E-state index is 12.3. The number of carbonyl (C=O) groups is 1. The van der Waals surface area contributed by atoms with Gasteiger partial charge in [-0.3, -0.25) is 14.8 Å². The highest BCUT2D eigenvalue weighted by atomic mass is 16.2. The molecule has 3 heterocycles.